The third kappa shape index (κ3) is 8.32. The summed E-state index contributed by atoms with van der Waals surface area (Å²) in [5, 5.41) is 0. The van der Waals surface area contributed by atoms with Crippen molar-refractivity contribution in [1.82, 2.24) is 0 Å². The molecule has 0 aliphatic heterocycles. The van der Waals surface area contributed by atoms with Gasteiger partial charge in [-0.15, -0.1) is 23.2 Å². The molecule has 0 unspecified atom stereocenters. The molecule has 0 saturated heterocycles. The Kier molecular flexibility index (Phi) is 8.62. The number of hydrogen-bond donors (Lipinski definition) is 0. The van der Waals surface area contributed by atoms with Crippen LogP contribution in [-0.2, 0) is 0 Å². The van der Waals surface area contributed by atoms with E-state index in [9.17, 15) is 0 Å². The standard InChI is InChI=1S/C7H12Cl2/c8-6-4-2-1-3-5-7-9/h2,4H,1,3,5-7H2. The topological polar surface area (TPSA) is 0 Å². The lowest BCUT2D eigenvalue weighted by molar-refractivity contribution is 0.819. The number of allylic oxidation sites excluding steroid dienone is 2. The molecule has 0 rings (SSSR count). The molecule has 0 aliphatic rings. The first kappa shape index (κ1) is 9.32. The predicted molar refractivity (Wildman–Crippen MR) is 44.4 cm³/mol. The van der Waals surface area contributed by atoms with Crippen LogP contribution in [0.4, 0.5) is 0 Å². The summed E-state index contributed by atoms with van der Waals surface area (Å²) < 4.78 is 0. The minimum atomic E-state index is 0.626. The second-order valence-corrected chi connectivity index (χ2v) is 2.50. The molecule has 0 aromatic rings. The first-order valence-corrected chi connectivity index (χ1v) is 4.25. The van der Waals surface area contributed by atoms with E-state index in [0.29, 0.717) is 5.88 Å². The van der Waals surface area contributed by atoms with Gasteiger partial charge >= 0.3 is 0 Å². The molecule has 0 nitrogen and oxygen atoms in total. The van der Waals surface area contributed by atoms with Gasteiger partial charge in [0.1, 0.15) is 0 Å². The van der Waals surface area contributed by atoms with Crippen LogP contribution in [0.3, 0.4) is 0 Å². The molecule has 0 bridgehead atoms. The number of unbranched alkanes of at least 4 members (excludes halogenated alkanes) is 2. The molecular formula is C7H12Cl2. The Balaban J connectivity index is 2.82. The summed E-state index contributed by atoms with van der Waals surface area (Å²) in [6.07, 6.45) is 7.46. The first-order chi connectivity index (χ1) is 4.41. The predicted octanol–water partition coefficient (Wildman–Crippen LogP) is 3.19. The van der Waals surface area contributed by atoms with Gasteiger partial charge in [0.15, 0.2) is 0 Å². The fraction of sp³-hybridized carbons (Fsp3) is 0.714. The molecule has 0 amide bonds. The maximum Gasteiger partial charge on any atom is 0.0404 e. The summed E-state index contributed by atoms with van der Waals surface area (Å²) in [4.78, 5) is 0. The number of hydrogen-bond acceptors (Lipinski definition) is 0. The van der Waals surface area contributed by atoms with Gasteiger partial charge in [-0.1, -0.05) is 12.2 Å². The zero-order valence-corrected chi connectivity index (χ0v) is 6.96. The highest BCUT2D eigenvalue weighted by atomic mass is 35.5. The molecule has 54 valence electrons. The highest BCUT2D eigenvalue weighted by Crippen LogP contribution is 1.97. The molecule has 2 heteroatoms. The quantitative estimate of drug-likeness (QED) is 0.335. The van der Waals surface area contributed by atoms with Crippen LogP contribution in [0.15, 0.2) is 12.2 Å². The van der Waals surface area contributed by atoms with E-state index in [0.717, 1.165) is 18.7 Å². The van der Waals surface area contributed by atoms with E-state index in [4.69, 9.17) is 23.2 Å². The van der Waals surface area contributed by atoms with Crippen molar-refractivity contribution in [2.24, 2.45) is 0 Å². The van der Waals surface area contributed by atoms with Crippen molar-refractivity contribution in [1.29, 1.82) is 0 Å². The van der Waals surface area contributed by atoms with Crippen LogP contribution in [0.5, 0.6) is 0 Å². The SMILES string of the molecule is ClCC=CCCCCCl. The van der Waals surface area contributed by atoms with E-state index in [1.54, 1.807) is 0 Å². The van der Waals surface area contributed by atoms with Crippen molar-refractivity contribution in [2.75, 3.05) is 11.8 Å². The molecular weight excluding hydrogens is 155 g/mol. The summed E-state index contributed by atoms with van der Waals surface area (Å²) in [5.41, 5.74) is 0. The zero-order chi connectivity index (χ0) is 6.95. The largest absolute Gasteiger partial charge is 0.127 e. The van der Waals surface area contributed by atoms with Crippen molar-refractivity contribution in [3.8, 4) is 0 Å². The molecule has 0 aromatic heterocycles. The van der Waals surface area contributed by atoms with Crippen LogP contribution >= 0.6 is 23.2 Å². The van der Waals surface area contributed by atoms with E-state index < -0.39 is 0 Å². The Morgan fingerprint density at radius 1 is 1.00 bits per heavy atom. The summed E-state index contributed by atoms with van der Waals surface area (Å²) in [7, 11) is 0. The zero-order valence-electron chi connectivity index (χ0n) is 5.45. The second-order valence-electron chi connectivity index (χ2n) is 1.81. The minimum absolute atomic E-state index is 0.626. The molecule has 0 aliphatic carbocycles. The summed E-state index contributed by atoms with van der Waals surface area (Å²) in [6, 6.07) is 0. The van der Waals surface area contributed by atoms with Crippen molar-refractivity contribution in [2.45, 2.75) is 19.3 Å². The second kappa shape index (κ2) is 8.32. The number of halogens is 2. The summed E-state index contributed by atoms with van der Waals surface area (Å²) in [6.45, 7) is 0. The Hall–Kier alpha value is 0.320. The molecule has 0 N–H and O–H groups in total. The molecule has 0 radical (unpaired) electrons. The van der Waals surface area contributed by atoms with Gasteiger partial charge in [-0.3, -0.25) is 0 Å². The van der Waals surface area contributed by atoms with Crippen molar-refractivity contribution < 1.29 is 0 Å². The maximum atomic E-state index is 5.46. The Labute approximate surface area is 66.8 Å². The average Bonchev–Trinajstić information content (AvgIpc) is 1.89. The smallest absolute Gasteiger partial charge is 0.0404 e. The van der Waals surface area contributed by atoms with Gasteiger partial charge in [-0.05, 0) is 19.3 Å². The van der Waals surface area contributed by atoms with Crippen LogP contribution in [0.2, 0.25) is 0 Å². The van der Waals surface area contributed by atoms with Gasteiger partial charge in [0.05, 0.1) is 0 Å². The van der Waals surface area contributed by atoms with Gasteiger partial charge < -0.3 is 0 Å². The normalized spacial score (nSPS) is 10.9. The van der Waals surface area contributed by atoms with Gasteiger partial charge in [0, 0.05) is 11.8 Å². The van der Waals surface area contributed by atoms with Crippen LogP contribution in [-0.4, -0.2) is 11.8 Å². The lowest BCUT2D eigenvalue weighted by Gasteiger charge is -1.88. The molecule has 0 saturated carbocycles. The molecule has 0 aromatic carbocycles. The Morgan fingerprint density at radius 2 is 1.78 bits per heavy atom. The van der Waals surface area contributed by atoms with E-state index in [2.05, 4.69) is 6.08 Å². The fourth-order valence-corrected chi connectivity index (χ4v) is 0.852. The summed E-state index contributed by atoms with van der Waals surface area (Å²) in [5.74, 6) is 1.40. The highest BCUT2D eigenvalue weighted by Gasteiger charge is 1.80. The molecule has 0 heterocycles. The lowest BCUT2D eigenvalue weighted by atomic mass is 10.2. The monoisotopic (exact) mass is 166 g/mol. The number of rotatable bonds is 5. The fourth-order valence-electron chi connectivity index (χ4n) is 0.538. The minimum Gasteiger partial charge on any atom is -0.127 e. The van der Waals surface area contributed by atoms with Crippen molar-refractivity contribution in [3.05, 3.63) is 12.2 Å². The van der Waals surface area contributed by atoms with E-state index in [1.807, 2.05) is 6.08 Å². The average molecular weight is 167 g/mol. The van der Waals surface area contributed by atoms with Crippen LogP contribution < -0.4 is 0 Å². The van der Waals surface area contributed by atoms with Gasteiger partial charge in [-0.2, -0.15) is 0 Å². The highest BCUT2D eigenvalue weighted by molar-refractivity contribution is 6.18. The molecule has 0 atom stereocenters. The molecule has 0 spiro atoms. The molecule has 0 fully saturated rings. The van der Waals surface area contributed by atoms with Crippen LogP contribution in [0.25, 0.3) is 0 Å². The van der Waals surface area contributed by atoms with Crippen molar-refractivity contribution >= 4 is 23.2 Å². The molecule has 9 heavy (non-hydrogen) atoms. The first-order valence-electron chi connectivity index (χ1n) is 3.18. The third-order valence-electron chi connectivity index (χ3n) is 1.01. The van der Waals surface area contributed by atoms with Crippen LogP contribution in [0, 0.1) is 0 Å². The van der Waals surface area contributed by atoms with Gasteiger partial charge in [-0.25, -0.2) is 0 Å². The lowest BCUT2D eigenvalue weighted by Crippen LogP contribution is -1.73. The van der Waals surface area contributed by atoms with Gasteiger partial charge in [0.2, 0.25) is 0 Å². The van der Waals surface area contributed by atoms with E-state index in [1.165, 1.54) is 6.42 Å². The van der Waals surface area contributed by atoms with Gasteiger partial charge in [0.25, 0.3) is 0 Å². The van der Waals surface area contributed by atoms with Crippen molar-refractivity contribution in [3.63, 3.8) is 0 Å². The maximum absolute atomic E-state index is 5.46. The Morgan fingerprint density at radius 3 is 2.33 bits per heavy atom. The van der Waals surface area contributed by atoms with E-state index in [-0.39, 0.29) is 0 Å². The van der Waals surface area contributed by atoms with E-state index >= 15 is 0 Å². The Bertz CT molecular complexity index is 69.3. The summed E-state index contributed by atoms with van der Waals surface area (Å²) >= 11 is 10.9. The third-order valence-corrected chi connectivity index (χ3v) is 1.46. The number of alkyl halides is 2. The van der Waals surface area contributed by atoms with Crippen LogP contribution in [0.1, 0.15) is 19.3 Å².